The summed E-state index contributed by atoms with van der Waals surface area (Å²) < 4.78 is 2.38. The van der Waals surface area contributed by atoms with Crippen molar-refractivity contribution >= 4 is 43.5 Å². The maximum absolute atomic E-state index is 5.31. The van der Waals surface area contributed by atoms with Crippen molar-refractivity contribution in [3.8, 4) is 50.6 Å². The molecule has 0 fully saturated rings. The van der Waals surface area contributed by atoms with E-state index >= 15 is 0 Å². The first-order valence-electron chi connectivity index (χ1n) is 17.3. The molecular formula is C48H31N3. The normalized spacial score (nSPS) is 11.5. The van der Waals surface area contributed by atoms with Crippen molar-refractivity contribution in [2.45, 2.75) is 0 Å². The minimum atomic E-state index is 0.938. The maximum Gasteiger partial charge on any atom is 0.0788 e. The van der Waals surface area contributed by atoms with E-state index in [0.717, 1.165) is 61.3 Å². The van der Waals surface area contributed by atoms with E-state index in [2.05, 4.69) is 187 Å². The molecule has 0 saturated carbocycles. The van der Waals surface area contributed by atoms with Gasteiger partial charge in [0.25, 0.3) is 0 Å². The van der Waals surface area contributed by atoms with Crippen molar-refractivity contribution in [2.75, 3.05) is 0 Å². The second-order valence-electron chi connectivity index (χ2n) is 13.0. The van der Waals surface area contributed by atoms with Gasteiger partial charge in [-0.05, 0) is 53.6 Å². The SMILES string of the molecule is c1ccc(-c2cc(-c3ccccc3)nc(-c3ccc(-c4nc5ccccc5c5c4ccc4c5c5ccccc5n4-c4ccccc4)cc3)c2)cc1. The highest BCUT2D eigenvalue weighted by molar-refractivity contribution is 6.29. The zero-order valence-corrected chi connectivity index (χ0v) is 27.7. The zero-order valence-electron chi connectivity index (χ0n) is 27.7. The molecule has 0 N–H and O–H groups in total. The molecule has 0 saturated heterocycles. The highest BCUT2D eigenvalue weighted by Gasteiger charge is 2.19. The second-order valence-corrected chi connectivity index (χ2v) is 13.0. The van der Waals surface area contributed by atoms with Crippen molar-refractivity contribution < 1.29 is 0 Å². The Labute approximate surface area is 295 Å². The topological polar surface area (TPSA) is 30.7 Å². The van der Waals surface area contributed by atoms with Crippen LogP contribution in [0.25, 0.3) is 94.1 Å². The molecule has 0 aliphatic heterocycles. The molecular weight excluding hydrogens is 619 g/mol. The largest absolute Gasteiger partial charge is 0.309 e. The third kappa shape index (κ3) is 4.90. The highest BCUT2D eigenvalue weighted by Crippen LogP contribution is 2.42. The molecule has 0 radical (unpaired) electrons. The van der Waals surface area contributed by atoms with Crippen LogP contribution in [0.2, 0.25) is 0 Å². The lowest BCUT2D eigenvalue weighted by atomic mass is 9.95. The fraction of sp³-hybridized carbons (Fsp3) is 0. The highest BCUT2D eigenvalue weighted by atomic mass is 15.0. The summed E-state index contributed by atoms with van der Waals surface area (Å²) in [4.78, 5) is 10.5. The fourth-order valence-corrected chi connectivity index (χ4v) is 7.61. The van der Waals surface area contributed by atoms with Gasteiger partial charge in [0, 0.05) is 49.3 Å². The molecule has 0 spiro atoms. The van der Waals surface area contributed by atoms with Gasteiger partial charge in [0.1, 0.15) is 0 Å². The van der Waals surface area contributed by atoms with Gasteiger partial charge in [-0.3, -0.25) is 0 Å². The van der Waals surface area contributed by atoms with Gasteiger partial charge in [-0.25, -0.2) is 9.97 Å². The van der Waals surface area contributed by atoms with Crippen molar-refractivity contribution in [1.29, 1.82) is 0 Å². The lowest BCUT2D eigenvalue weighted by Crippen LogP contribution is -1.94. The van der Waals surface area contributed by atoms with Crippen LogP contribution in [0.5, 0.6) is 0 Å². The van der Waals surface area contributed by atoms with Crippen LogP contribution < -0.4 is 0 Å². The predicted molar refractivity (Wildman–Crippen MR) is 213 cm³/mol. The van der Waals surface area contributed by atoms with Gasteiger partial charge in [-0.1, -0.05) is 146 Å². The first kappa shape index (κ1) is 29.1. The van der Waals surface area contributed by atoms with Gasteiger partial charge in [-0.15, -0.1) is 0 Å². The van der Waals surface area contributed by atoms with Gasteiger partial charge in [0.15, 0.2) is 0 Å². The van der Waals surface area contributed by atoms with Gasteiger partial charge < -0.3 is 4.57 Å². The molecule has 0 amide bonds. The van der Waals surface area contributed by atoms with Crippen LogP contribution in [-0.2, 0) is 0 Å². The average molecular weight is 650 g/mol. The van der Waals surface area contributed by atoms with E-state index in [9.17, 15) is 0 Å². The lowest BCUT2D eigenvalue weighted by molar-refractivity contribution is 1.18. The lowest BCUT2D eigenvalue weighted by Gasteiger charge is -2.13. The Balaban J connectivity index is 1.17. The van der Waals surface area contributed by atoms with Gasteiger partial charge in [0.05, 0.1) is 33.6 Å². The quantitative estimate of drug-likeness (QED) is 0.174. The first-order chi connectivity index (χ1) is 25.3. The Morgan fingerprint density at radius 3 is 1.63 bits per heavy atom. The summed E-state index contributed by atoms with van der Waals surface area (Å²) in [6, 6.07) is 66.5. The molecule has 0 aliphatic carbocycles. The molecule has 3 heteroatoms. The summed E-state index contributed by atoms with van der Waals surface area (Å²) >= 11 is 0. The molecule has 0 aliphatic rings. The average Bonchev–Trinajstić information content (AvgIpc) is 3.56. The Hall–Kier alpha value is -6.84. The molecule has 10 rings (SSSR count). The Morgan fingerprint density at radius 1 is 0.333 bits per heavy atom. The monoisotopic (exact) mass is 649 g/mol. The number of fused-ring (bicyclic) bond motifs is 7. The molecule has 238 valence electrons. The van der Waals surface area contributed by atoms with E-state index < -0.39 is 0 Å². The zero-order chi connectivity index (χ0) is 33.7. The summed E-state index contributed by atoms with van der Waals surface area (Å²) in [7, 11) is 0. The van der Waals surface area contributed by atoms with E-state index in [1.54, 1.807) is 0 Å². The van der Waals surface area contributed by atoms with Crippen LogP contribution in [0.15, 0.2) is 188 Å². The van der Waals surface area contributed by atoms with E-state index in [0.29, 0.717) is 0 Å². The minimum absolute atomic E-state index is 0.938. The van der Waals surface area contributed by atoms with Crippen molar-refractivity contribution in [2.24, 2.45) is 0 Å². The molecule has 3 heterocycles. The second kappa shape index (κ2) is 11.9. The molecule has 3 aromatic heterocycles. The van der Waals surface area contributed by atoms with E-state index in [4.69, 9.17) is 9.97 Å². The van der Waals surface area contributed by atoms with E-state index in [1.807, 2.05) is 6.07 Å². The standard InChI is InChI=1S/C48H31N3/c1-4-14-32(15-5-1)36-30-42(33-16-6-2-7-17-33)49-43(31-36)34-24-26-35(27-25-34)48-40-28-29-45-47(46(40)38-20-10-12-22-41(38)50-48)39-21-11-13-23-44(39)51(45)37-18-8-3-9-19-37/h1-31H. The number of nitrogens with zero attached hydrogens (tertiary/aromatic N) is 3. The maximum atomic E-state index is 5.31. The van der Waals surface area contributed by atoms with Crippen molar-refractivity contribution in [1.82, 2.24) is 14.5 Å². The number of benzene rings is 7. The van der Waals surface area contributed by atoms with Crippen LogP contribution in [0.1, 0.15) is 0 Å². The molecule has 7 aromatic carbocycles. The van der Waals surface area contributed by atoms with Crippen LogP contribution in [-0.4, -0.2) is 14.5 Å². The summed E-state index contributed by atoms with van der Waals surface area (Å²) in [5, 5.41) is 6.01. The van der Waals surface area contributed by atoms with Gasteiger partial charge in [0.2, 0.25) is 0 Å². The van der Waals surface area contributed by atoms with Crippen molar-refractivity contribution in [3.05, 3.63) is 188 Å². The van der Waals surface area contributed by atoms with Gasteiger partial charge >= 0.3 is 0 Å². The molecule has 10 aromatic rings. The fourth-order valence-electron chi connectivity index (χ4n) is 7.61. The van der Waals surface area contributed by atoms with Crippen molar-refractivity contribution in [3.63, 3.8) is 0 Å². The summed E-state index contributed by atoms with van der Waals surface area (Å²) in [5.74, 6) is 0. The number of para-hydroxylation sites is 3. The van der Waals surface area contributed by atoms with E-state index in [-0.39, 0.29) is 0 Å². The summed E-state index contributed by atoms with van der Waals surface area (Å²) in [5.41, 5.74) is 12.9. The summed E-state index contributed by atoms with van der Waals surface area (Å²) in [6.45, 7) is 0. The molecule has 3 nitrogen and oxygen atoms in total. The minimum Gasteiger partial charge on any atom is -0.309 e. The Bertz CT molecular complexity index is 2820. The number of pyridine rings is 2. The predicted octanol–water partition coefficient (Wildman–Crippen LogP) is 12.5. The number of rotatable bonds is 5. The van der Waals surface area contributed by atoms with Crippen LogP contribution in [0, 0.1) is 0 Å². The smallest absolute Gasteiger partial charge is 0.0788 e. The third-order valence-electron chi connectivity index (χ3n) is 9.97. The number of hydrogen-bond acceptors (Lipinski definition) is 2. The number of hydrogen-bond donors (Lipinski definition) is 0. The Morgan fingerprint density at radius 2 is 0.902 bits per heavy atom. The van der Waals surface area contributed by atoms with Crippen LogP contribution >= 0.6 is 0 Å². The van der Waals surface area contributed by atoms with E-state index in [1.165, 1.54) is 32.8 Å². The van der Waals surface area contributed by atoms with Crippen LogP contribution in [0.3, 0.4) is 0 Å². The van der Waals surface area contributed by atoms with Crippen LogP contribution in [0.4, 0.5) is 0 Å². The molecule has 0 bridgehead atoms. The Kier molecular flexibility index (Phi) is 6.81. The number of aromatic nitrogens is 3. The third-order valence-corrected chi connectivity index (χ3v) is 9.97. The molecule has 0 atom stereocenters. The summed E-state index contributed by atoms with van der Waals surface area (Å²) in [6.07, 6.45) is 0. The van der Waals surface area contributed by atoms with Gasteiger partial charge in [-0.2, -0.15) is 0 Å². The first-order valence-corrected chi connectivity index (χ1v) is 17.3. The molecule has 0 unspecified atom stereocenters. The molecule has 51 heavy (non-hydrogen) atoms.